The van der Waals surface area contributed by atoms with Crippen molar-refractivity contribution in [3.63, 3.8) is 0 Å². The maximum atomic E-state index is 13.0. The lowest BCUT2D eigenvalue weighted by molar-refractivity contribution is -0.124. The number of benzene rings is 1. The average Bonchev–Trinajstić information content (AvgIpc) is 2.55. The van der Waals surface area contributed by atoms with Crippen LogP contribution in [0.5, 0.6) is 0 Å². The first kappa shape index (κ1) is 17.8. The molecule has 0 fully saturated rings. The van der Waals surface area contributed by atoms with Gasteiger partial charge in [-0.15, -0.1) is 0 Å². The second kappa shape index (κ2) is 7.83. The van der Waals surface area contributed by atoms with Crippen LogP contribution in [0.2, 0.25) is 0 Å². The molecule has 1 atom stereocenters. The van der Waals surface area contributed by atoms with Gasteiger partial charge in [0.2, 0.25) is 5.91 Å². The van der Waals surface area contributed by atoms with Crippen molar-refractivity contribution in [3.05, 3.63) is 52.6 Å². The van der Waals surface area contributed by atoms with E-state index >= 15 is 0 Å². The van der Waals surface area contributed by atoms with E-state index in [-0.39, 0.29) is 17.3 Å². The molecular formula is C17H21FN4O2. The minimum absolute atomic E-state index is 0.275. The van der Waals surface area contributed by atoms with Crippen LogP contribution in [0.15, 0.2) is 41.2 Å². The monoisotopic (exact) mass is 332 g/mol. The molecule has 2 rings (SSSR count). The van der Waals surface area contributed by atoms with Crippen LogP contribution in [0.3, 0.4) is 0 Å². The summed E-state index contributed by atoms with van der Waals surface area (Å²) in [6, 6.07) is 7.98. The molecule has 1 aromatic carbocycles. The summed E-state index contributed by atoms with van der Waals surface area (Å²) in [6.45, 7) is 2.81. The van der Waals surface area contributed by atoms with Gasteiger partial charge in [-0.25, -0.2) is 9.07 Å². The van der Waals surface area contributed by atoms with E-state index in [2.05, 4.69) is 10.4 Å². The van der Waals surface area contributed by atoms with Crippen LogP contribution in [-0.4, -0.2) is 47.8 Å². The van der Waals surface area contributed by atoms with E-state index in [4.69, 9.17) is 0 Å². The molecule has 0 unspecified atom stereocenters. The molecule has 0 aliphatic rings. The van der Waals surface area contributed by atoms with Gasteiger partial charge in [-0.2, -0.15) is 5.10 Å². The van der Waals surface area contributed by atoms with Crippen molar-refractivity contribution >= 4 is 5.91 Å². The van der Waals surface area contributed by atoms with Gasteiger partial charge in [-0.1, -0.05) is 0 Å². The number of rotatable bonds is 6. The molecule has 0 aliphatic carbocycles. The van der Waals surface area contributed by atoms with Crippen molar-refractivity contribution in [1.82, 2.24) is 20.0 Å². The van der Waals surface area contributed by atoms with Gasteiger partial charge in [0.25, 0.3) is 5.56 Å². The summed E-state index contributed by atoms with van der Waals surface area (Å²) in [5.74, 6) is -0.622. The van der Waals surface area contributed by atoms with Crippen molar-refractivity contribution < 1.29 is 9.18 Å². The van der Waals surface area contributed by atoms with E-state index in [0.29, 0.717) is 24.3 Å². The summed E-state index contributed by atoms with van der Waals surface area (Å²) in [5.41, 5.74) is 0.809. The summed E-state index contributed by atoms with van der Waals surface area (Å²) < 4.78 is 14.2. The molecule has 24 heavy (non-hydrogen) atoms. The molecule has 128 valence electrons. The molecule has 1 heterocycles. The Hall–Kier alpha value is -2.54. The SMILES string of the molecule is C[C@@H](C(=O)NCCN(C)C)n1nc(-c2ccc(F)cc2)ccc1=O. The molecule has 0 bridgehead atoms. The summed E-state index contributed by atoms with van der Waals surface area (Å²) in [4.78, 5) is 26.2. The van der Waals surface area contributed by atoms with E-state index in [0.717, 1.165) is 4.68 Å². The number of aromatic nitrogens is 2. The number of halogens is 1. The van der Waals surface area contributed by atoms with Gasteiger partial charge in [0.05, 0.1) is 5.69 Å². The molecule has 6 nitrogen and oxygen atoms in total. The van der Waals surface area contributed by atoms with E-state index in [1.807, 2.05) is 19.0 Å². The predicted octanol–water partition coefficient (Wildman–Crippen LogP) is 1.29. The summed E-state index contributed by atoms with van der Waals surface area (Å²) in [5, 5.41) is 7.02. The Labute approximate surface area is 139 Å². The van der Waals surface area contributed by atoms with Crippen LogP contribution in [0.25, 0.3) is 11.3 Å². The molecule has 0 spiro atoms. The normalized spacial score (nSPS) is 12.2. The van der Waals surface area contributed by atoms with Crippen molar-refractivity contribution in [3.8, 4) is 11.3 Å². The van der Waals surface area contributed by atoms with Gasteiger partial charge >= 0.3 is 0 Å². The number of nitrogens with zero attached hydrogens (tertiary/aromatic N) is 3. The number of amides is 1. The van der Waals surface area contributed by atoms with Crippen LogP contribution in [0, 0.1) is 5.82 Å². The molecule has 0 aliphatic heterocycles. The lowest BCUT2D eigenvalue weighted by atomic mass is 10.1. The van der Waals surface area contributed by atoms with E-state index in [1.165, 1.54) is 18.2 Å². The van der Waals surface area contributed by atoms with Crippen molar-refractivity contribution in [1.29, 1.82) is 0 Å². The van der Waals surface area contributed by atoms with Crippen LogP contribution in [0.1, 0.15) is 13.0 Å². The zero-order chi connectivity index (χ0) is 17.7. The quantitative estimate of drug-likeness (QED) is 0.865. The third kappa shape index (κ3) is 4.48. The minimum atomic E-state index is -0.736. The second-order valence-corrected chi connectivity index (χ2v) is 5.78. The highest BCUT2D eigenvalue weighted by Gasteiger charge is 2.17. The Balaban J connectivity index is 2.20. The molecule has 1 N–H and O–H groups in total. The van der Waals surface area contributed by atoms with E-state index in [9.17, 15) is 14.0 Å². The highest BCUT2D eigenvalue weighted by Crippen LogP contribution is 2.16. The molecule has 2 aromatic rings. The largest absolute Gasteiger partial charge is 0.353 e. The van der Waals surface area contributed by atoms with Gasteiger partial charge in [-0.3, -0.25) is 9.59 Å². The van der Waals surface area contributed by atoms with E-state index in [1.54, 1.807) is 25.1 Å². The zero-order valence-electron chi connectivity index (χ0n) is 14.0. The third-order valence-corrected chi connectivity index (χ3v) is 3.57. The lowest BCUT2D eigenvalue weighted by Gasteiger charge is -2.16. The summed E-state index contributed by atoms with van der Waals surface area (Å²) in [6.07, 6.45) is 0. The molecule has 1 aromatic heterocycles. The molecule has 0 saturated carbocycles. The number of carbonyl (C=O) groups is 1. The Morgan fingerprint density at radius 2 is 1.92 bits per heavy atom. The minimum Gasteiger partial charge on any atom is -0.353 e. The number of carbonyl (C=O) groups excluding carboxylic acids is 1. The van der Waals surface area contributed by atoms with Gasteiger partial charge in [0, 0.05) is 24.7 Å². The van der Waals surface area contributed by atoms with Crippen LogP contribution < -0.4 is 10.9 Å². The Bertz CT molecular complexity index is 756. The van der Waals surface area contributed by atoms with Crippen molar-refractivity contribution in [2.24, 2.45) is 0 Å². The maximum absolute atomic E-state index is 13.0. The van der Waals surface area contributed by atoms with Crippen molar-refractivity contribution in [2.45, 2.75) is 13.0 Å². The Kier molecular flexibility index (Phi) is 5.81. The van der Waals surface area contributed by atoms with Crippen LogP contribution in [-0.2, 0) is 4.79 Å². The first-order valence-corrected chi connectivity index (χ1v) is 7.66. The third-order valence-electron chi connectivity index (χ3n) is 3.57. The van der Waals surface area contributed by atoms with E-state index < -0.39 is 6.04 Å². The zero-order valence-corrected chi connectivity index (χ0v) is 14.0. The average molecular weight is 332 g/mol. The van der Waals surface area contributed by atoms with Gasteiger partial charge in [0.15, 0.2) is 0 Å². The van der Waals surface area contributed by atoms with Gasteiger partial charge < -0.3 is 10.2 Å². The van der Waals surface area contributed by atoms with Gasteiger partial charge in [-0.05, 0) is 51.4 Å². The molecular weight excluding hydrogens is 311 g/mol. The smallest absolute Gasteiger partial charge is 0.267 e. The number of likely N-dealkylation sites (N-methyl/N-ethyl adjacent to an activating group) is 1. The Morgan fingerprint density at radius 1 is 1.25 bits per heavy atom. The van der Waals surface area contributed by atoms with Crippen molar-refractivity contribution in [2.75, 3.05) is 27.2 Å². The molecule has 0 saturated heterocycles. The summed E-state index contributed by atoms with van der Waals surface area (Å²) in [7, 11) is 3.82. The number of nitrogens with one attached hydrogen (secondary N) is 1. The summed E-state index contributed by atoms with van der Waals surface area (Å²) >= 11 is 0. The molecule has 1 amide bonds. The molecule has 0 radical (unpaired) electrons. The highest BCUT2D eigenvalue weighted by atomic mass is 19.1. The van der Waals surface area contributed by atoms with Crippen LogP contribution >= 0.6 is 0 Å². The first-order chi connectivity index (χ1) is 11.4. The second-order valence-electron chi connectivity index (χ2n) is 5.78. The fourth-order valence-corrected chi connectivity index (χ4v) is 2.14. The number of hydrogen-bond acceptors (Lipinski definition) is 4. The van der Waals surface area contributed by atoms with Crippen LogP contribution in [0.4, 0.5) is 4.39 Å². The number of hydrogen-bond donors (Lipinski definition) is 1. The maximum Gasteiger partial charge on any atom is 0.267 e. The fraction of sp³-hybridized carbons (Fsp3) is 0.353. The topological polar surface area (TPSA) is 67.2 Å². The molecule has 7 heteroatoms. The Morgan fingerprint density at radius 3 is 2.54 bits per heavy atom. The first-order valence-electron chi connectivity index (χ1n) is 7.66. The highest BCUT2D eigenvalue weighted by molar-refractivity contribution is 5.79. The predicted molar refractivity (Wildman–Crippen MR) is 90.2 cm³/mol. The fourth-order valence-electron chi connectivity index (χ4n) is 2.14. The lowest BCUT2D eigenvalue weighted by Crippen LogP contribution is -2.39. The standard InChI is InChI=1S/C17H21FN4O2/c1-12(17(24)19-10-11-21(2)3)22-16(23)9-8-15(20-22)13-4-6-14(18)7-5-13/h4-9,12H,10-11H2,1-3H3,(H,19,24)/t12-/m0/s1. The van der Waals surface area contributed by atoms with Gasteiger partial charge in [0.1, 0.15) is 11.9 Å².